The van der Waals surface area contributed by atoms with Crippen LogP contribution < -0.4 is 0 Å². The predicted molar refractivity (Wildman–Crippen MR) is 60.7 cm³/mol. The van der Waals surface area contributed by atoms with Crippen LogP contribution in [0.3, 0.4) is 0 Å². The number of carbonyl (C=O) groups excluding carboxylic acids is 1. The zero-order chi connectivity index (χ0) is 11.0. The van der Waals surface area contributed by atoms with Crippen LogP contribution in [0.15, 0.2) is 22.5 Å². The summed E-state index contributed by atoms with van der Waals surface area (Å²) in [5.41, 5.74) is 0.765. The summed E-state index contributed by atoms with van der Waals surface area (Å²) in [4.78, 5) is 14.1. The van der Waals surface area contributed by atoms with E-state index in [2.05, 4.69) is 0 Å². The van der Waals surface area contributed by atoms with Crippen LogP contribution in [0.2, 0.25) is 0 Å². The van der Waals surface area contributed by atoms with Crippen LogP contribution in [-0.2, 0) is 9.53 Å². The fourth-order valence-corrected chi connectivity index (χ4v) is 2.79. The van der Waals surface area contributed by atoms with Crippen molar-refractivity contribution in [2.75, 3.05) is 14.2 Å². The third kappa shape index (κ3) is 1.58. The molecule has 1 aliphatic heterocycles. The van der Waals surface area contributed by atoms with E-state index in [0.29, 0.717) is 0 Å². The van der Waals surface area contributed by atoms with Crippen molar-refractivity contribution < 1.29 is 9.53 Å². The molecule has 2 rings (SSSR count). The molecule has 0 radical (unpaired) electrons. The molecule has 0 aromatic carbocycles. The molecule has 0 fully saturated rings. The highest BCUT2D eigenvalue weighted by Crippen LogP contribution is 2.37. The van der Waals surface area contributed by atoms with Crippen LogP contribution in [0.1, 0.15) is 4.88 Å². The lowest BCUT2D eigenvalue weighted by molar-refractivity contribution is -0.130. The van der Waals surface area contributed by atoms with Gasteiger partial charge in [0.25, 0.3) is 5.91 Å². The topological polar surface area (TPSA) is 29.5 Å². The van der Waals surface area contributed by atoms with Crippen LogP contribution >= 0.6 is 22.9 Å². The van der Waals surface area contributed by atoms with Gasteiger partial charge in [0.15, 0.2) is 6.23 Å². The number of thiophene rings is 1. The Morgan fingerprint density at radius 2 is 2.33 bits per heavy atom. The Bertz CT molecular complexity index is 413. The first-order valence-electron chi connectivity index (χ1n) is 4.40. The van der Waals surface area contributed by atoms with Crippen molar-refractivity contribution in [3.05, 3.63) is 27.4 Å². The molecule has 0 N–H and O–H groups in total. The third-order valence-electron chi connectivity index (χ3n) is 2.35. The van der Waals surface area contributed by atoms with E-state index in [1.807, 2.05) is 17.5 Å². The maximum Gasteiger partial charge on any atom is 0.267 e. The average molecular weight is 244 g/mol. The Kier molecular flexibility index (Phi) is 2.82. The van der Waals surface area contributed by atoms with Gasteiger partial charge < -0.3 is 9.64 Å². The molecular weight excluding hydrogens is 234 g/mol. The summed E-state index contributed by atoms with van der Waals surface area (Å²) < 4.78 is 5.27. The van der Waals surface area contributed by atoms with Crippen molar-refractivity contribution in [2.24, 2.45) is 0 Å². The first-order chi connectivity index (χ1) is 7.16. The number of likely N-dealkylation sites (N-methyl/N-ethyl adjacent to an activating group) is 1. The molecule has 1 aromatic rings. The molecular formula is C10H10ClNO2S. The van der Waals surface area contributed by atoms with Crippen molar-refractivity contribution in [1.29, 1.82) is 0 Å². The van der Waals surface area contributed by atoms with E-state index in [-0.39, 0.29) is 17.2 Å². The molecule has 1 aromatic heterocycles. The molecule has 0 saturated heterocycles. The molecule has 0 bridgehead atoms. The molecule has 3 nitrogen and oxygen atoms in total. The van der Waals surface area contributed by atoms with Gasteiger partial charge in [-0.2, -0.15) is 0 Å². The molecule has 15 heavy (non-hydrogen) atoms. The smallest absolute Gasteiger partial charge is 0.267 e. The molecule has 1 amide bonds. The van der Waals surface area contributed by atoms with Crippen molar-refractivity contribution >= 4 is 34.4 Å². The largest absolute Gasteiger partial charge is 0.357 e. The number of methoxy groups -OCH3 is 1. The van der Waals surface area contributed by atoms with E-state index in [1.54, 1.807) is 25.5 Å². The number of hydrogen-bond donors (Lipinski definition) is 0. The number of hydrogen-bond acceptors (Lipinski definition) is 3. The lowest BCUT2D eigenvalue weighted by Crippen LogP contribution is -2.32. The van der Waals surface area contributed by atoms with Gasteiger partial charge in [-0.3, -0.25) is 4.79 Å². The van der Waals surface area contributed by atoms with E-state index < -0.39 is 0 Å². The van der Waals surface area contributed by atoms with E-state index in [9.17, 15) is 4.79 Å². The summed E-state index contributed by atoms with van der Waals surface area (Å²) in [5, 5.41) is 2.20. The Morgan fingerprint density at radius 3 is 2.87 bits per heavy atom. The maximum atomic E-state index is 11.6. The summed E-state index contributed by atoms with van der Waals surface area (Å²) >= 11 is 7.55. The van der Waals surface area contributed by atoms with E-state index in [1.165, 1.54) is 4.90 Å². The first kappa shape index (κ1) is 10.7. The summed E-state index contributed by atoms with van der Waals surface area (Å²) in [7, 11) is 3.25. The number of nitrogens with zero attached hydrogens (tertiary/aromatic N) is 1. The molecule has 80 valence electrons. The zero-order valence-corrected chi connectivity index (χ0v) is 9.93. The summed E-state index contributed by atoms with van der Waals surface area (Å²) in [6, 6.07) is 3.85. The quantitative estimate of drug-likeness (QED) is 0.797. The van der Waals surface area contributed by atoms with Crippen molar-refractivity contribution in [2.45, 2.75) is 6.23 Å². The molecule has 5 heteroatoms. The Morgan fingerprint density at radius 1 is 1.60 bits per heavy atom. The second kappa shape index (κ2) is 3.96. The molecule has 1 atom stereocenters. The Labute approximate surface area is 96.9 Å². The van der Waals surface area contributed by atoms with Gasteiger partial charge in [0.1, 0.15) is 5.03 Å². The normalized spacial score (nSPS) is 21.7. The lowest BCUT2D eigenvalue weighted by atomic mass is 10.2. The average Bonchev–Trinajstić information content (AvgIpc) is 2.81. The van der Waals surface area contributed by atoms with Crippen molar-refractivity contribution in [3.8, 4) is 0 Å². The van der Waals surface area contributed by atoms with Gasteiger partial charge in [-0.15, -0.1) is 11.3 Å². The fraction of sp³-hybridized carbons (Fsp3) is 0.300. The Hall–Kier alpha value is -0.840. The number of ether oxygens (including phenoxy) is 1. The van der Waals surface area contributed by atoms with Gasteiger partial charge in [0.2, 0.25) is 0 Å². The monoisotopic (exact) mass is 243 g/mol. The number of carbonyl (C=O) groups is 1. The van der Waals surface area contributed by atoms with E-state index in [4.69, 9.17) is 16.3 Å². The summed E-state index contributed by atoms with van der Waals surface area (Å²) in [6.07, 6.45) is -0.372. The molecule has 0 spiro atoms. The van der Waals surface area contributed by atoms with Gasteiger partial charge in [-0.25, -0.2) is 0 Å². The maximum absolute atomic E-state index is 11.6. The van der Waals surface area contributed by atoms with Crippen LogP contribution in [0.5, 0.6) is 0 Å². The highest BCUT2D eigenvalue weighted by Gasteiger charge is 2.37. The molecule has 0 saturated carbocycles. The molecule has 0 unspecified atom stereocenters. The van der Waals surface area contributed by atoms with Crippen molar-refractivity contribution in [3.63, 3.8) is 0 Å². The second-order valence-electron chi connectivity index (χ2n) is 3.21. The number of amides is 1. The highest BCUT2D eigenvalue weighted by atomic mass is 35.5. The Balaban J connectivity index is 2.48. The standard InChI is InChI=1S/C10H10ClNO2S/c1-12-9(13)8(11)7(10(12)14-2)6-4-3-5-15-6/h3-5,10H,1-2H3/t10-/m0/s1. The SMILES string of the molecule is CO[C@H]1C(c2cccs2)=C(Cl)C(=O)N1C. The summed E-state index contributed by atoms with van der Waals surface area (Å²) in [6.45, 7) is 0. The second-order valence-corrected chi connectivity index (χ2v) is 4.53. The molecule has 0 aliphatic carbocycles. The minimum absolute atomic E-state index is 0.188. The van der Waals surface area contributed by atoms with Crippen LogP contribution in [0.25, 0.3) is 5.57 Å². The van der Waals surface area contributed by atoms with Gasteiger partial charge >= 0.3 is 0 Å². The predicted octanol–water partition coefficient (Wildman–Crippen LogP) is 2.14. The lowest BCUT2D eigenvalue weighted by Gasteiger charge is -2.20. The minimum Gasteiger partial charge on any atom is -0.357 e. The van der Waals surface area contributed by atoms with Crippen LogP contribution in [0, 0.1) is 0 Å². The van der Waals surface area contributed by atoms with Gasteiger partial charge in [0.05, 0.1) is 0 Å². The highest BCUT2D eigenvalue weighted by molar-refractivity contribution is 7.11. The molecule has 1 aliphatic rings. The van der Waals surface area contributed by atoms with Gasteiger partial charge in [-0.1, -0.05) is 17.7 Å². The van der Waals surface area contributed by atoms with E-state index >= 15 is 0 Å². The van der Waals surface area contributed by atoms with Crippen molar-refractivity contribution in [1.82, 2.24) is 4.90 Å². The number of rotatable bonds is 2. The zero-order valence-electron chi connectivity index (χ0n) is 8.36. The minimum atomic E-state index is -0.372. The molecule has 2 heterocycles. The first-order valence-corrected chi connectivity index (χ1v) is 5.66. The van der Waals surface area contributed by atoms with Crippen LogP contribution in [0.4, 0.5) is 0 Å². The van der Waals surface area contributed by atoms with Crippen LogP contribution in [-0.4, -0.2) is 31.2 Å². The fourth-order valence-electron chi connectivity index (χ4n) is 1.62. The van der Waals surface area contributed by atoms with E-state index in [0.717, 1.165) is 10.5 Å². The number of halogens is 1. The third-order valence-corrected chi connectivity index (χ3v) is 3.62. The van der Waals surface area contributed by atoms with Gasteiger partial charge in [-0.05, 0) is 11.4 Å². The summed E-state index contributed by atoms with van der Waals surface area (Å²) in [5.74, 6) is -0.188. The van der Waals surface area contributed by atoms with Gasteiger partial charge in [0, 0.05) is 24.6 Å².